The predicted octanol–water partition coefficient (Wildman–Crippen LogP) is 6.52. The molecule has 1 heterocycles. The van der Waals surface area contributed by atoms with E-state index in [0.717, 1.165) is 23.2 Å². The number of amides is 1. The van der Waals surface area contributed by atoms with Crippen molar-refractivity contribution in [2.45, 2.75) is 52.6 Å². The van der Waals surface area contributed by atoms with Crippen molar-refractivity contribution in [1.29, 1.82) is 0 Å². The number of benzene rings is 3. The Morgan fingerprint density at radius 3 is 2.32 bits per heavy atom. The summed E-state index contributed by atoms with van der Waals surface area (Å²) in [5, 5.41) is 12.9. The van der Waals surface area contributed by atoms with E-state index >= 15 is 0 Å². The standard InChI is InChI=1S/C27H29ClN4O2/c1-5-6-7-19-8-12-21(13-9-19)32-30-24-16-18(2)23(17-25(24)31-32)29-26(33)27(3,4)34-22-14-10-20(28)11-15-22/h8-17H,5-7H2,1-4H3,(H,29,33). The van der Waals surface area contributed by atoms with Gasteiger partial charge in [-0.05, 0) is 93.3 Å². The molecular formula is C27H29ClN4O2. The topological polar surface area (TPSA) is 69.0 Å². The van der Waals surface area contributed by atoms with Crippen molar-refractivity contribution < 1.29 is 9.53 Å². The van der Waals surface area contributed by atoms with Crippen molar-refractivity contribution in [3.63, 3.8) is 0 Å². The van der Waals surface area contributed by atoms with Gasteiger partial charge in [-0.15, -0.1) is 10.2 Å². The summed E-state index contributed by atoms with van der Waals surface area (Å²) in [6, 6.07) is 19.0. The Labute approximate surface area is 204 Å². The van der Waals surface area contributed by atoms with E-state index in [9.17, 15) is 4.79 Å². The van der Waals surface area contributed by atoms with Crippen LogP contribution in [0.2, 0.25) is 5.02 Å². The molecule has 0 spiro atoms. The van der Waals surface area contributed by atoms with Crippen LogP contribution in [-0.4, -0.2) is 26.5 Å². The SMILES string of the molecule is CCCCc1ccc(-n2nc3cc(C)c(NC(=O)C(C)(C)Oc4ccc(Cl)cc4)cc3n2)cc1. The third-order valence-corrected chi connectivity index (χ3v) is 5.95. The van der Waals surface area contributed by atoms with Crippen LogP contribution < -0.4 is 10.1 Å². The summed E-state index contributed by atoms with van der Waals surface area (Å²) in [6.45, 7) is 7.58. The van der Waals surface area contributed by atoms with Crippen LogP contribution in [0.25, 0.3) is 16.7 Å². The van der Waals surface area contributed by atoms with E-state index in [0.29, 0.717) is 22.0 Å². The normalized spacial score (nSPS) is 11.6. The Kier molecular flexibility index (Phi) is 6.89. The molecule has 176 valence electrons. The zero-order chi connectivity index (χ0) is 24.3. The highest BCUT2D eigenvalue weighted by Gasteiger charge is 2.30. The van der Waals surface area contributed by atoms with Gasteiger partial charge in [0.25, 0.3) is 5.91 Å². The maximum absolute atomic E-state index is 13.0. The molecule has 0 radical (unpaired) electrons. The second-order valence-electron chi connectivity index (χ2n) is 8.94. The first kappa shape index (κ1) is 23.8. The quantitative estimate of drug-likeness (QED) is 0.314. The number of ether oxygens (including phenoxy) is 1. The van der Waals surface area contributed by atoms with Gasteiger partial charge in [0.2, 0.25) is 0 Å². The lowest BCUT2D eigenvalue weighted by atomic mass is 10.1. The molecule has 0 bridgehead atoms. The summed E-state index contributed by atoms with van der Waals surface area (Å²) < 4.78 is 5.91. The van der Waals surface area contributed by atoms with Crippen molar-refractivity contribution in [1.82, 2.24) is 15.0 Å². The first-order chi connectivity index (χ1) is 16.2. The average molecular weight is 477 g/mol. The van der Waals surface area contributed by atoms with Gasteiger partial charge >= 0.3 is 0 Å². The Bertz CT molecular complexity index is 1290. The number of rotatable bonds is 8. The van der Waals surface area contributed by atoms with E-state index in [2.05, 4.69) is 34.6 Å². The zero-order valence-corrected chi connectivity index (χ0v) is 20.7. The number of hydrogen-bond donors (Lipinski definition) is 1. The average Bonchev–Trinajstić information content (AvgIpc) is 3.22. The number of halogens is 1. The van der Waals surface area contributed by atoms with Crippen molar-refractivity contribution in [3.05, 3.63) is 76.8 Å². The van der Waals surface area contributed by atoms with Crippen LogP contribution in [0, 0.1) is 6.92 Å². The molecule has 0 aliphatic carbocycles. The lowest BCUT2D eigenvalue weighted by Gasteiger charge is -2.25. The summed E-state index contributed by atoms with van der Waals surface area (Å²) in [7, 11) is 0. The molecule has 0 unspecified atom stereocenters. The fourth-order valence-corrected chi connectivity index (χ4v) is 3.74. The fourth-order valence-electron chi connectivity index (χ4n) is 3.61. The molecule has 0 atom stereocenters. The van der Waals surface area contributed by atoms with E-state index in [4.69, 9.17) is 16.3 Å². The van der Waals surface area contributed by atoms with Crippen LogP contribution in [0.1, 0.15) is 44.7 Å². The van der Waals surface area contributed by atoms with Gasteiger partial charge in [0, 0.05) is 10.7 Å². The molecule has 1 aromatic heterocycles. The maximum Gasteiger partial charge on any atom is 0.267 e. The van der Waals surface area contributed by atoms with Gasteiger partial charge in [0.1, 0.15) is 16.8 Å². The highest BCUT2D eigenvalue weighted by molar-refractivity contribution is 6.30. The molecule has 4 rings (SSSR count). The third-order valence-electron chi connectivity index (χ3n) is 5.69. The highest BCUT2D eigenvalue weighted by atomic mass is 35.5. The van der Waals surface area contributed by atoms with Crippen LogP contribution in [0.15, 0.2) is 60.7 Å². The molecular weight excluding hydrogens is 448 g/mol. The molecule has 0 fully saturated rings. The van der Waals surface area contributed by atoms with E-state index in [-0.39, 0.29) is 5.91 Å². The number of nitrogens with one attached hydrogen (secondary N) is 1. The third kappa shape index (κ3) is 5.39. The summed E-state index contributed by atoms with van der Waals surface area (Å²) in [5.41, 5.74) is 4.16. The minimum Gasteiger partial charge on any atom is -0.478 e. The minimum absolute atomic E-state index is 0.264. The number of aryl methyl sites for hydroxylation is 2. The van der Waals surface area contributed by atoms with Crippen LogP contribution >= 0.6 is 11.6 Å². The van der Waals surface area contributed by atoms with Crippen molar-refractivity contribution in [2.24, 2.45) is 0 Å². The Hall–Kier alpha value is -3.38. The molecule has 1 amide bonds. The van der Waals surface area contributed by atoms with Crippen LogP contribution in [0.3, 0.4) is 0 Å². The number of carbonyl (C=O) groups is 1. The number of fused-ring (bicyclic) bond motifs is 1. The maximum atomic E-state index is 13.0. The summed E-state index contributed by atoms with van der Waals surface area (Å²) in [6.07, 6.45) is 3.43. The second-order valence-corrected chi connectivity index (χ2v) is 9.37. The number of hydrogen-bond acceptors (Lipinski definition) is 4. The molecule has 7 heteroatoms. The van der Waals surface area contributed by atoms with Crippen LogP contribution in [0.5, 0.6) is 5.75 Å². The highest BCUT2D eigenvalue weighted by Crippen LogP contribution is 2.26. The van der Waals surface area contributed by atoms with Gasteiger partial charge in [0.05, 0.1) is 5.69 Å². The van der Waals surface area contributed by atoms with Crippen molar-refractivity contribution in [3.8, 4) is 11.4 Å². The van der Waals surface area contributed by atoms with Gasteiger partial charge in [-0.3, -0.25) is 4.79 Å². The Morgan fingerprint density at radius 1 is 1.03 bits per heavy atom. The van der Waals surface area contributed by atoms with Crippen molar-refractivity contribution >= 4 is 34.2 Å². The summed E-state index contributed by atoms with van der Waals surface area (Å²) >= 11 is 5.94. The van der Waals surface area contributed by atoms with Crippen molar-refractivity contribution in [2.75, 3.05) is 5.32 Å². The van der Waals surface area contributed by atoms with E-state index in [1.165, 1.54) is 18.4 Å². The molecule has 0 aliphatic heterocycles. The molecule has 0 saturated heterocycles. The first-order valence-electron chi connectivity index (χ1n) is 11.5. The summed E-state index contributed by atoms with van der Waals surface area (Å²) in [5.74, 6) is 0.306. The van der Waals surface area contributed by atoms with Gasteiger partial charge in [-0.1, -0.05) is 37.1 Å². The number of unbranched alkanes of at least 4 members (excludes halogenated alkanes) is 1. The minimum atomic E-state index is -1.09. The second kappa shape index (κ2) is 9.85. The number of carbonyl (C=O) groups excluding carboxylic acids is 1. The molecule has 3 aromatic carbocycles. The van der Waals surface area contributed by atoms with Gasteiger partial charge in [-0.25, -0.2) is 0 Å². The summed E-state index contributed by atoms with van der Waals surface area (Å²) in [4.78, 5) is 14.7. The Balaban J connectivity index is 1.52. The van der Waals surface area contributed by atoms with Gasteiger partial charge < -0.3 is 10.1 Å². The van der Waals surface area contributed by atoms with E-state index in [1.807, 2.05) is 31.2 Å². The van der Waals surface area contributed by atoms with Gasteiger partial charge in [-0.2, -0.15) is 4.80 Å². The smallest absolute Gasteiger partial charge is 0.267 e. The van der Waals surface area contributed by atoms with E-state index in [1.54, 1.807) is 42.9 Å². The number of nitrogens with zero attached hydrogens (tertiary/aromatic N) is 3. The van der Waals surface area contributed by atoms with Crippen LogP contribution in [0.4, 0.5) is 5.69 Å². The molecule has 4 aromatic rings. The first-order valence-corrected chi connectivity index (χ1v) is 11.9. The predicted molar refractivity (Wildman–Crippen MR) is 137 cm³/mol. The molecule has 6 nitrogen and oxygen atoms in total. The lowest BCUT2D eigenvalue weighted by Crippen LogP contribution is -2.42. The molecule has 1 N–H and O–H groups in total. The fraction of sp³-hybridized carbons (Fsp3) is 0.296. The Morgan fingerprint density at radius 2 is 1.68 bits per heavy atom. The zero-order valence-electron chi connectivity index (χ0n) is 19.9. The lowest BCUT2D eigenvalue weighted by molar-refractivity contribution is -0.128. The molecule has 0 aliphatic rings. The van der Waals surface area contributed by atoms with Crippen LogP contribution in [-0.2, 0) is 11.2 Å². The van der Waals surface area contributed by atoms with E-state index < -0.39 is 5.60 Å². The molecule has 34 heavy (non-hydrogen) atoms. The monoisotopic (exact) mass is 476 g/mol. The van der Waals surface area contributed by atoms with Gasteiger partial charge in [0.15, 0.2) is 5.60 Å². The molecule has 0 saturated carbocycles. The number of aromatic nitrogens is 3. The number of anilines is 1. The largest absolute Gasteiger partial charge is 0.478 e.